The fourth-order valence-electron chi connectivity index (χ4n) is 1.08. The van der Waals surface area contributed by atoms with Crippen LogP contribution in [-0.2, 0) is 19.6 Å². The topological polar surface area (TPSA) is 89.9 Å². The molecule has 1 aromatic carbocycles. The van der Waals surface area contributed by atoms with Crippen LogP contribution in [-0.4, -0.2) is 37.4 Å². The van der Waals surface area contributed by atoms with Gasteiger partial charge in [0.2, 0.25) is 0 Å². The van der Waals surface area contributed by atoms with Crippen molar-refractivity contribution in [2.24, 2.45) is 0 Å². The minimum absolute atomic E-state index is 0.389. The van der Waals surface area contributed by atoms with Crippen molar-refractivity contribution in [3.05, 3.63) is 22.8 Å². The Morgan fingerprint density at radius 2 is 1.73 bits per heavy atom. The van der Waals surface area contributed by atoms with Gasteiger partial charge in [-0.05, 0) is 79.9 Å². The highest BCUT2D eigenvalue weighted by Crippen LogP contribution is 2.29. The van der Waals surface area contributed by atoms with Gasteiger partial charge in [-0.2, -0.15) is 17.2 Å². The van der Waals surface area contributed by atoms with E-state index in [4.69, 9.17) is 9.29 Å². The van der Waals surface area contributed by atoms with E-state index in [0.29, 0.717) is 12.9 Å². The van der Waals surface area contributed by atoms with Gasteiger partial charge in [0.25, 0.3) is 0 Å². The van der Waals surface area contributed by atoms with Gasteiger partial charge in [0.15, 0.2) is 13.2 Å². The van der Waals surface area contributed by atoms with Crippen molar-refractivity contribution < 1.29 is 36.0 Å². The van der Waals surface area contributed by atoms with Crippen molar-refractivity contribution >= 4 is 83.9 Å². The van der Waals surface area contributed by atoms with E-state index in [0.717, 1.165) is 3.57 Å². The Balaban J connectivity index is 2.62. The van der Waals surface area contributed by atoms with Gasteiger partial charge in [0.05, 0.1) is 7.14 Å². The Labute approximate surface area is 165 Å². The van der Waals surface area contributed by atoms with Crippen molar-refractivity contribution in [2.45, 2.75) is 5.25 Å². The third kappa shape index (κ3) is 5.82. The summed E-state index contributed by atoms with van der Waals surface area (Å²) >= 11 is 6.07. The molecule has 22 heavy (non-hydrogen) atoms. The Kier molecular flexibility index (Phi) is 7.47. The monoisotopic (exact) mass is 674 g/mol. The van der Waals surface area contributed by atoms with Crippen LogP contribution in [0.4, 0.5) is 8.78 Å². The molecule has 6 nitrogen and oxygen atoms in total. The minimum Gasteiger partial charge on any atom is -0.480 e. The SMILES string of the molecule is O=C(COc1c(I)cc(I)cc1I)OCC(F)(F)S(=O)(=O)O. The van der Waals surface area contributed by atoms with Crippen molar-refractivity contribution in [2.75, 3.05) is 13.2 Å². The Morgan fingerprint density at radius 3 is 2.18 bits per heavy atom. The Hall–Kier alpha value is 0.450. The lowest BCUT2D eigenvalue weighted by molar-refractivity contribution is -0.152. The highest BCUT2D eigenvalue weighted by atomic mass is 127. The van der Waals surface area contributed by atoms with E-state index in [1.54, 1.807) is 12.1 Å². The number of benzene rings is 1. The van der Waals surface area contributed by atoms with Gasteiger partial charge < -0.3 is 9.47 Å². The smallest absolute Gasteiger partial charge is 0.402 e. The van der Waals surface area contributed by atoms with E-state index in [1.165, 1.54) is 0 Å². The zero-order chi connectivity index (χ0) is 17.1. The van der Waals surface area contributed by atoms with E-state index in [2.05, 4.69) is 27.3 Å². The molecule has 0 fully saturated rings. The van der Waals surface area contributed by atoms with Gasteiger partial charge >= 0.3 is 21.3 Å². The summed E-state index contributed by atoms with van der Waals surface area (Å²) in [5.74, 6) is -0.798. The second-order valence-electron chi connectivity index (χ2n) is 3.76. The summed E-state index contributed by atoms with van der Waals surface area (Å²) < 4.78 is 66.4. The standard InChI is InChI=1S/C10H7F2I3O6S/c11-10(12,22(17,18)19)4-21-8(16)3-20-9-6(14)1-5(13)2-7(9)15/h1-2H,3-4H2,(H,17,18,19). The second-order valence-corrected chi connectivity index (χ2v) is 8.88. The molecule has 0 aliphatic rings. The maximum atomic E-state index is 12.9. The molecule has 0 heterocycles. The van der Waals surface area contributed by atoms with Gasteiger partial charge in [-0.3, -0.25) is 4.55 Å². The number of hydrogen-bond acceptors (Lipinski definition) is 5. The molecule has 0 amide bonds. The summed E-state index contributed by atoms with van der Waals surface area (Å²) in [6.07, 6.45) is 0. The van der Waals surface area contributed by atoms with Gasteiger partial charge in [-0.25, -0.2) is 4.79 Å². The molecule has 1 rings (SSSR count). The quantitative estimate of drug-likeness (QED) is 0.284. The number of rotatable bonds is 6. The van der Waals surface area contributed by atoms with Crippen LogP contribution >= 0.6 is 67.8 Å². The third-order valence-corrected chi connectivity index (χ3v) is 5.17. The first-order valence-electron chi connectivity index (χ1n) is 5.22. The lowest BCUT2D eigenvalue weighted by Gasteiger charge is -2.14. The van der Waals surface area contributed by atoms with E-state index in [9.17, 15) is 22.0 Å². The van der Waals surface area contributed by atoms with Crippen LogP contribution in [0.2, 0.25) is 0 Å². The van der Waals surface area contributed by atoms with Gasteiger partial charge in [-0.1, -0.05) is 0 Å². The summed E-state index contributed by atoms with van der Waals surface area (Å²) in [6.45, 7) is -2.46. The zero-order valence-corrected chi connectivity index (χ0v) is 17.6. The lowest BCUT2D eigenvalue weighted by atomic mass is 10.3. The fourth-order valence-corrected chi connectivity index (χ4v) is 5.18. The number of alkyl halides is 2. The first-order valence-corrected chi connectivity index (χ1v) is 9.89. The molecule has 0 saturated carbocycles. The molecule has 0 unspecified atom stereocenters. The maximum absolute atomic E-state index is 12.9. The Morgan fingerprint density at radius 1 is 1.23 bits per heavy atom. The summed E-state index contributed by atoms with van der Waals surface area (Å²) in [5.41, 5.74) is 0. The van der Waals surface area contributed by atoms with E-state index in [-0.39, 0.29) is 0 Å². The number of carbonyl (C=O) groups is 1. The third-order valence-electron chi connectivity index (χ3n) is 2.08. The zero-order valence-electron chi connectivity index (χ0n) is 10.4. The van der Waals surface area contributed by atoms with Crippen molar-refractivity contribution in [1.29, 1.82) is 0 Å². The Bertz CT molecular complexity index is 656. The number of hydrogen-bond donors (Lipinski definition) is 1. The van der Waals surface area contributed by atoms with E-state index < -0.39 is 34.6 Å². The number of carbonyl (C=O) groups excluding carboxylic acids is 1. The maximum Gasteiger partial charge on any atom is 0.402 e. The van der Waals surface area contributed by atoms with Crippen LogP contribution in [0.3, 0.4) is 0 Å². The highest BCUT2D eigenvalue weighted by Gasteiger charge is 2.45. The predicted octanol–water partition coefficient (Wildman–Crippen LogP) is 2.90. The molecule has 0 aliphatic heterocycles. The number of esters is 1. The van der Waals surface area contributed by atoms with Crippen LogP contribution in [0.25, 0.3) is 0 Å². The molecule has 0 radical (unpaired) electrons. The first-order chi connectivity index (χ1) is 9.94. The molecule has 0 aromatic heterocycles. The predicted molar refractivity (Wildman–Crippen MR) is 97.5 cm³/mol. The van der Waals surface area contributed by atoms with Gasteiger partial charge in [-0.15, -0.1) is 0 Å². The van der Waals surface area contributed by atoms with Crippen LogP contribution < -0.4 is 4.74 Å². The van der Waals surface area contributed by atoms with Crippen LogP contribution in [0.1, 0.15) is 0 Å². The average molecular weight is 674 g/mol. The molecule has 124 valence electrons. The van der Waals surface area contributed by atoms with Crippen molar-refractivity contribution in [3.8, 4) is 5.75 Å². The molecule has 0 bridgehead atoms. The number of halogens is 5. The average Bonchev–Trinajstić information content (AvgIpc) is 2.33. The summed E-state index contributed by atoms with van der Waals surface area (Å²) in [6, 6.07) is 3.58. The molecular weight excluding hydrogens is 667 g/mol. The van der Waals surface area contributed by atoms with Crippen molar-refractivity contribution in [3.63, 3.8) is 0 Å². The molecule has 0 spiro atoms. The summed E-state index contributed by atoms with van der Waals surface area (Å²) in [4.78, 5) is 11.3. The number of ether oxygens (including phenoxy) is 2. The molecule has 1 aromatic rings. The molecule has 0 atom stereocenters. The van der Waals surface area contributed by atoms with Crippen LogP contribution in [0, 0.1) is 10.7 Å². The van der Waals surface area contributed by atoms with E-state index >= 15 is 0 Å². The van der Waals surface area contributed by atoms with Crippen molar-refractivity contribution in [1.82, 2.24) is 0 Å². The summed E-state index contributed by atoms with van der Waals surface area (Å²) in [7, 11) is -5.64. The normalized spacial score (nSPS) is 12.1. The van der Waals surface area contributed by atoms with E-state index in [1.807, 2.05) is 45.2 Å². The lowest BCUT2D eigenvalue weighted by Crippen LogP contribution is -2.35. The molecule has 1 N–H and O–H groups in total. The summed E-state index contributed by atoms with van der Waals surface area (Å²) in [5, 5.41) is -4.56. The molecular formula is C10H7F2I3O6S. The minimum atomic E-state index is -5.64. The highest BCUT2D eigenvalue weighted by molar-refractivity contribution is 14.1. The molecule has 12 heteroatoms. The first kappa shape index (κ1) is 20.5. The van der Waals surface area contributed by atoms with Gasteiger partial charge in [0.1, 0.15) is 5.75 Å². The second kappa shape index (κ2) is 8.02. The van der Waals surface area contributed by atoms with Gasteiger partial charge in [0, 0.05) is 3.57 Å². The van der Waals surface area contributed by atoms with Crippen LogP contribution in [0.5, 0.6) is 5.75 Å². The fraction of sp³-hybridized carbons (Fsp3) is 0.300. The largest absolute Gasteiger partial charge is 0.480 e. The molecule has 0 aliphatic carbocycles. The molecule has 0 saturated heterocycles. The van der Waals surface area contributed by atoms with Crippen LogP contribution in [0.15, 0.2) is 12.1 Å².